The van der Waals surface area contributed by atoms with E-state index in [1.165, 1.54) is 27.4 Å². The predicted molar refractivity (Wildman–Crippen MR) is 117 cm³/mol. The van der Waals surface area contributed by atoms with E-state index in [4.69, 9.17) is 0 Å². The molecule has 0 spiro atoms. The van der Waals surface area contributed by atoms with Crippen molar-refractivity contribution >= 4 is 27.7 Å². The molecule has 150 valence electrons. The van der Waals surface area contributed by atoms with Crippen LogP contribution in [0.4, 0.5) is 0 Å². The fraction of sp³-hybridized carbons (Fsp3) is 0.304. The van der Waals surface area contributed by atoms with Crippen LogP contribution in [0.25, 0.3) is 21.8 Å². The number of benzene rings is 2. The number of nitrogens with one attached hydrogen (secondary N) is 2. The van der Waals surface area contributed by atoms with Crippen molar-refractivity contribution in [2.75, 3.05) is 13.1 Å². The number of amides is 1. The Labute approximate surface area is 170 Å². The van der Waals surface area contributed by atoms with E-state index >= 15 is 0 Å². The molecular weight excluding hydrogens is 362 g/mol. The van der Waals surface area contributed by atoms with Gasteiger partial charge in [0.2, 0.25) is 0 Å². The third-order valence-electron chi connectivity index (χ3n) is 5.24. The average Bonchev–Trinajstić information content (AvgIpc) is 3.31. The first-order chi connectivity index (χ1) is 14.2. The lowest BCUT2D eigenvalue weighted by Gasteiger charge is -2.07. The summed E-state index contributed by atoms with van der Waals surface area (Å²) in [5, 5.41) is 9.00. The molecule has 2 aromatic heterocycles. The zero-order valence-corrected chi connectivity index (χ0v) is 17.0. The fourth-order valence-electron chi connectivity index (χ4n) is 3.82. The second kappa shape index (κ2) is 8.49. The summed E-state index contributed by atoms with van der Waals surface area (Å²) in [7, 11) is 1.85. The quantitative estimate of drug-likeness (QED) is 0.454. The molecule has 0 bridgehead atoms. The van der Waals surface area contributed by atoms with Gasteiger partial charge in [-0.05, 0) is 43.7 Å². The van der Waals surface area contributed by atoms with Crippen LogP contribution in [0.2, 0.25) is 0 Å². The highest BCUT2D eigenvalue weighted by atomic mass is 16.1. The maximum absolute atomic E-state index is 12.0. The molecule has 0 fully saturated rings. The molecule has 4 aromatic rings. The molecule has 0 radical (unpaired) electrons. The average molecular weight is 390 g/mol. The number of para-hydroxylation sites is 1. The zero-order chi connectivity index (χ0) is 20.2. The Morgan fingerprint density at radius 2 is 1.90 bits per heavy atom. The first-order valence-electron chi connectivity index (χ1n) is 10.1. The summed E-state index contributed by atoms with van der Waals surface area (Å²) >= 11 is 0. The molecule has 0 aliphatic rings. The minimum atomic E-state index is -0.122. The molecule has 0 aliphatic carbocycles. The van der Waals surface area contributed by atoms with E-state index in [0.717, 1.165) is 26.1 Å². The van der Waals surface area contributed by atoms with Crippen molar-refractivity contribution in [1.29, 1.82) is 0 Å². The van der Waals surface area contributed by atoms with Crippen LogP contribution in [-0.2, 0) is 20.1 Å². The Morgan fingerprint density at radius 3 is 2.69 bits per heavy atom. The van der Waals surface area contributed by atoms with Crippen LogP contribution in [0.3, 0.4) is 0 Å². The number of carbonyl (C=O) groups is 1. The molecule has 0 saturated heterocycles. The van der Waals surface area contributed by atoms with Gasteiger partial charge < -0.3 is 19.8 Å². The lowest BCUT2D eigenvalue weighted by molar-refractivity contribution is 0.0948. The predicted octanol–water partition coefficient (Wildman–Crippen LogP) is 3.46. The smallest absolute Gasteiger partial charge is 0.271 e. The van der Waals surface area contributed by atoms with Crippen molar-refractivity contribution < 1.29 is 4.79 Å². The lowest BCUT2D eigenvalue weighted by Crippen LogP contribution is -2.27. The summed E-state index contributed by atoms with van der Waals surface area (Å²) in [5.41, 5.74) is 4.31. The van der Waals surface area contributed by atoms with E-state index in [0.29, 0.717) is 12.2 Å². The number of aryl methyl sites for hydroxylation is 2. The number of hydrogen-bond donors (Lipinski definition) is 2. The van der Waals surface area contributed by atoms with Gasteiger partial charge >= 0.3 is 0 Å². The molecule has 0 saturated carbocycles. The van der Waals surface area contributed by atoms with Gasteiger partial charge in [-0.15, -0.1) is 0 Å². The second-order valence-electron chi connectivity index (χ2n) is 7.32. The maximum Gasteiger partial charge on any atom is 0.271 e. The molecule has 2 N–H and O–H groups in total. The van der Waals surface area contributed by atoms with Gasteiger partial charge in [0, 0.05) is 54.7 Å². The molecule has 6 nitrogen and oxygen atoms in total. The highest BCUT2D eigenvalue weighted by Crippen LogP contribution is 2.29. The molecular formula is C23H27N5O. The first kappa shape index (κ1) is 19.2. The highest BCUT2D eigenvalue weighted by molar-refractivity contribution is 6.08. The Balaban J connectivity index is 1.31. The van der Waals surface area contributed by atoms with E-state index in [1.54, 1.807) is 17.1 Å². The highest BCUT2D eigenvalue weighted by Gasteiger charge is 2.10. The molecule has 0 unspecified atom stereocenters. The van der Waals surface area contributed by atoms with E-state index in [1.807, 2.05) is 7.05 Å². The number of carbonyl (C=O) groups excluding carboxylic acids is 1. The first-order valence-corrected chi connectivity index (χ1v) is 10.1. The topological polar surface area (TPSA) is 63.9 Å². The molecule has 4 rings (SSSR count). The number of rotatable bonds is 8. The van der Waals surface area contributed by atoms with Gasteiger partial charge in [0.25, 0.3) is 5.91 Å². The number of hydrogen-bond acceptors (Lipinski definition) is 3. The fourth-order valence-corrected chi connectivity index (χ4v) is 3.82. The van der Waals surface area contributed by atoms with E-state index in [2.05, 4.69) is 69.6 Å². The number of nitrogens with zero attached hydrogens (tertiary/aromatic N) is 3. The van der Waals surface area contributed by atoms with Gasteiger partial charge in [-0.1, -0.05) is 24.3 Å². The van der Waals surface area contributed by atoms with Gasteiger partial charge in [0.15, 0.2) is 0 Å². The minimum absolute atomic E-state index is 0.122. The standard InChI is InChI=1S/C23H27N5O/c1-3-28-21-8-5-4-7-18(21)19-13-17(9-10-22(19)28)14-24-11-6-12-25-23(29)20-15-27(2)16-26-20/h4-5,7-10,13,15-16,24H,3,6,11-12,14H2,1-2H3,(H,25,29). The van der Waals surface area contributed by atoms with Crippen LogP contribution in [0.5, 0.6) is 0 Å². The van der Waals surface area contributed by atoms with Crippen LogP contribution in [0.1, 0.15) is 29.4 Å². The summed E-state index contributed by atoms with van der Waals surface area (Å²) in [6.07, 6.45) is 4.22. The Morgan fingerprint density at radius 1 is 1.07 bits per heavy atom. The van der Waals surface area contributed by atoms with Gasteiger partial charge in [-0.3, -0.25) is 4.79 Å². The summed E-state index contributed by atoms with van der Waals surface area (Å²) in [4.78, 5) is 16.0. The van der Waals surface area contributed by atoms with Gasteiger partial charge in [-0.25, -0.2) is 4.98 Å². The molecule has 2 heterocycles. The van der Waals surface area contributed by atoms with E-state index in [-0.39, 0.29) is 5.91 Å². The number of imidazole rings is 1. The summed E-state index contributed by atoms with van der Waals surface area (Å²) in [6, 6.07) is 15.3. The largest absolute Gasteiger partial charge is 0.351 e. The minimum Gasteiger partial charge on any atom is -0.351 e. The van der Waals surface area contributed by atoms with Crippen LogP contribution in [0, 0.1) is 0 Å². The lowest BCUT2D eigenvalue weighted by atomic mass is 10.1. The molecule has 29 heavy (non-hydrogen) atoms. The SMILES string of the molecule is CCn1c2ccccc2c2cc(CNCCCNC(=O)c3cn(C)cn3)ccc21. The maximum atomic E-state index is 12.0. The molecule has 6 heteroatoms. The van der Waals surface area contributed by atoms with Crippen molar-refractivity contribution in [3.8, 4) is 0 Å². The van der Waals surface area contributed by atoms with Gasteiger partial charge in [0.05, 0.1) is 6.33 Å². The second-order valence-corrected chi connectivity index (χ2v) is 7.32. The van der Waals surface area contributed by atoms with Crippen molar-refractivity contribution in [1.82, 2.24) is 24.8 Å². The van der Waals surface area contributed by atoms with Crippen LogP contribution >= 0.6 is 0 Å². The van der Waals surface area contributed by atoms with Crippen molar-refractivity contribution in [2.24, 2.45) is 7.05 Å². The summed E-state index contributed by atoms with van der Waals surface area (Å²) in [6.45, 7) is 5.44. The van der Waals surface area contributed by atoms with Crippen LogP contribution in [0.15, 0.2) is 55.0 Å². The zero-order valence-electron chi connectivity index (χ0n) is 17.0. The Bertz CT molecular complexity index is 1140. The Kier molecular flexibility index (Phi) is 5.62. The van der Waals surface area contributed by atoms with Crippen molar-refractivity contribution in [3.63, 3.8) is 0 Å². The summed E-state index contributed by atoms with van der Waals surface area (Å²) in [5.74, 6) is -0.122. The van der Waals surface area contributed by atoms with E-state index in [9.17, 15) is 4.79 Å². The van der Waals surface area contributed by atoms with Crippen molar-refractivity contribution in [3.05, 3.63) is 66.2 Å². The molecule has 1 amide bonds. The monoisotopic (exact) mass is 389 g/mol. The summed E-state index contributed by atoms with van der Waals surface area (Å²) < 4.78 is 4.14. The van der Waals surface area contributed by atoms with Crippen LogP contribution in [-0.4, -0.2) is 33.1 Å². The molecule has 2 aromatic carbocycles. The number of fused-ring (bicyclic) bond motifs is 3. The number of aromatic nitrogens is 3. The third-order valence-corrected chi connectivity index (χ3v) is 5.24. The third kappa shape index (κ3) is 4.03. The van der Waals surface area contributed by atoms with Gasteiger partial charge in [-0.2, -0.15) is 0 Å². The van der Waals surface area contributed by atoms with Crippen molar-refractivity contribution in [2.45, 2.75) is 26.4 Å². The van der Waals surface area contributed by atoms with Crippen LogP contribution < -0.4 is 10.6 Å². The normalized spacial score (nSPS) is 11.4. The molecule has 0 aliphatic heterocycles. The molecule has 0 atom stereocenters. The van der Waals surface area contributed by atoms with Gasteiger partial charge in [0.1, 0.15) is 5.69 Å². The Hall–Kier alpha value is -3.12. The van der Waals surface area contributed by atoms with E-state index < -0.39 is 0 Å².